The first kappa shape index (κ1) is 10.0. The molecular weight excluding hydrogens is 236 g/mol. The summed E-state index contributed by atoms with van der Waals surface area (Å²) in [5.41, 5.74) is 4.09. The molecule has 0 aliphatic heterocycles. The van der Waals surface area contributed by atoms with Gasteiger partial charge in [0.05, 0.1) is 11.1 Å². The first-order valence-electron chi connectivity index (χ1n) is 5.93. The highest BCUT2D eigenvalue weighted by Gasteiger charge is 2.12. The number of benzene rings is 2. The molecule has 2 heterocycles. The van der Waals surface area contributed by atoms with Crippen LogP contribution in [0.15, 0.2) is 42.7 Å². The first-order chi connectivity index (χ1) is 9.38. The van der Waals surface area contributed by atoms with E-state index in [9.17, 15) is 5.26 Å². The summed E-state index contributed by atoms with van der Waals surface area (Å²) >= 11 is 0. The van der Waals surface area contributed by atoms with E-state index in [-0.39, 0.29) is 0 Å². The first-order valence-corrected chi connectivity index (χ1v) is 5.93. The molecule has 0 unspecified atom stereocenters. The van der Waals surface area contributed by atoms with Crippen molar-refractivity contribution < 1.29 is 0 Å². The molecule has 0 aliphatic rings. The molecule has 2 aromatic carbocycles. The molecule has 0 amide bonds. The van der Waals surface area contributed by atoms with Gasteiger partial charge >= 0.3 is 0 Å². The second-order valence-electron chi connectivity index (χ2n) is 4.39. The highest BCUT2D eigenvalue weighted by atomic mass is 14.9. The number of aromatic amines is 1. The van der Waals surface area contributed by atoms with Crippen LogP contribution in [0.25, 0.3) is 32.8 Å². The Morgan fingerprint density at radius 3 is 2.79 bits per heavy atom. The highest BCUT2D eigenvalue weighted by molar-refractivity contribution is 6.11. The van der Waals surface area contributed by atoms with E-state index in [1.165, 1.54) is 6.33 Å². The fraction of sp³-hybridized carbons (Fsp3) is 0. The number of fused-ring (bicyclic) bond motifs is 4. The lowest BCUT2D eigenvalue weighted by molar-refractivity contribution is 1.35. The molecule has 4 rings (SSSR count). The average Bonchev–Trinajstić information content (AvgIpc) is 2.93. The summed E-state index contributed by atoms with van der Waals surface area (Å²) in [5.74, 6) is 0. The van der Waals surface area contributed by atoms with Gasteiger partial charge in [0.2, 0.25) is 0 Å². The van der Waals surface area contributed by atoms with Crippen LogP contribution in [0.4, 0.5) is 0 Å². The normalized spacial score (nSPS) is 11.1. The van der Waals surface area contributed by atoms with Crippen molar-refractivity contribution >= 4 is 32.8 Å². The van der Waals surface area contributed by atoms with Crippen molar-refractivity contribution in [3.8, 4) is 6.07 Å². The predicted octanol–water partition coefficient (Wildman–Crippen LogP) is 3.14. The van der Waals surface area contributed by atoms with Gasteiger partial charge in [-0.15, -0.1) is 0 Å². The van der Waals surface area contributed by atoms with Crippen LogP contribution in [0.2, 0.25) is 0 Å². The van der Waals surface area contributed by atoms with E-state index in [0.717, 1.165) is 32.8 Å². The van der Waals surface area contributed by atoms with Gasteiger partial charge in [-0.25, -0.2) is 9.97 Å². The lowest BCUT2D eigenvalue weighted by Gasteiger charge is -2.06. The molecular formula is C15H8N4. The van der Waals surface area contributed by atoms with Crippen molar-refractivity contribution in [2.45, 2.75) is 0 Å². The molecule has 2 aromatic heterocycles. The van der Waals surface area contributed by atoms with Gasteiger partial charge in [-0.2, -0.15) is 5.26 Å². The zero-order valence-corrected chi connectivity index (χ0v) is 9.88. The summed E-state index contributed by atoms with van der Waals surface area (Å²) in [7, 11) is 0. The highest BCUT2D eigenvalue weighted by Crippen LogP contribution is 2.29. The number of para-hydroxylation sites is 1. The quantitative estimate of drug-likeness (QED) is 0.483. The van der Waals surface area contributed by atoms with Crippen molar-refractivity contribution in [2.24, 2.45) is 0 Å². The van der Waals surface area contributed by atoms with Gasteiger partial charge < -0.3 is 4.98 Å². The minimum absolute atomic E-state index is 0.649. The van der Waals surface area contributed by atoms with E-state index in [1.807, 2.05) is 36.4 Å². The molecule has 88 valence electrons. The van der Waals surface area contributed by atoms with Crippen molar-refractivity contribution in [3.05, 3.63) is 48.3 Å². The number of nitriles is 1. The fourth-order valence-corrected chi connectivity index (χ4v) is 2.53. The molecule has 0 saturated carbocycles. The number of hydrogen-bond acceptors (Lipinski definition) is 3. The Labute approximate surface area is 108 Å². The largest absolute Gasteiger partial charge is 0.354 e. The van der Waals surface area contributed by atoms with Gasteiger partial charge in [-0.1, -0.05) is 18.2 Å². The number of hydrogen-bond donors (Lipinski definition) is 1. The Kier molecular flexibility index (Phi) is 1.86. The van der Waals surface area contributed by atoms with E-state index in [2.05, 4.69) is 21.0 Å². The minimum atomic E-state index is 0.649. The van der Waals surface area contributed by atoms with Crippen molar-refractivity contribution in [1.82, 2.24) is 15.0 Å². The molecule has 0 spiro atoms. The van der Waals surface area contributed by atoms with E-state index >= 15 is 0 Å². The molecule has 0 aliphatic carbocycles. The summed E-state index contributed by atoms with van der Waals surface area (Å²) in [6, 6.07) is 14.0. The smallest absolute Gasteiger partial charge is 0.116 e. The monoisotopic (exact) mass is 244 g/mol. The number of nitrogens with zero attached hydrogens (tertiary/aromatic N) is 3. The van der Waals surface area contributed by atoms with E-state index < -0.39 is 0 Å². The van der Waals surface area contributed by atoms with Gasteiger partial charge in [-0.05, 0) is 18.2 Å². The second kappa shape index (κ2) is 3.53. The van der Waals surface area contributed by atoms with Crippen LogP contribution in [0.3, 0.4) is 0 Å². The topological polar surface area (TPSA) is 65.4 Å². The van der Waals surface area contributed by atoms with Crippen LogP contribution in [0, 0.1) is 11.3 Å². The maximum absolute atomic E-state index is 9.52. The van der Waals surface area contributed by atoms with Gasteiger partial charge in [0.15, 0.2) is 0 Å². The van der Waals surface area contributed by atoms with Crippen LogP contribution < -0.4 is 0 Å². The van der Waals surface area contributed by atoms with Gasteiger partial charge in [0.25, 0.3) is 0 Å². The van der Waals surface area contributed by atoms with Gasteiger partial charge in [-0.3, -0.25) is 0 Å². The Balaban J connectivity index is 2.39. The van der Waals surface area contributed by atoms with Crippen molar-refractivity contribution in [2.75, 3.05) is 0 Å². The molecule has 4 nitrogen and oxygen atoms in total. The van der Waals surface area contributed by atoms with Crippen molar-refractivity contribution in [3.63, 3.8) is 0 Å². The SMILES string of the molecule is N#Cc1c2ccccc2[nH]c2ccc3ncnc3c12. The summed E-state index contributed by atoms with van der Waals surface area (Å²) < 4.78 is 0. The van der Waals surface area contributed by atoms with Crippen molar-refractivity contribution in [1.29, 1.82) is 5.26 Å². The maximum Gasteiger partial charge on any atom is 0.116 e. The third kappa shape index (κ3) is 1.27. The van der Waals surface area contributed by atoms with E-state index in [1.54, 1.807) is 0 Å². The second-order valence-corrected chi connectivity index (χ2v) is 4.39. The third-order valence-corrected chi connectivity index (χ3v) is 3.37. The van der Waals surface area contributed by atoms with Crippen LogP contribution in [-0.2, 0) is 0 Å². The van der Waals surface area contributed by atoms with Crippen LogP contribution >= 0.6 is 0 Å². The third-order valence-electron chi connectivity index (χ3n) is 3.37. The van der Waals surface area contributed by atoms with E-state index in [0.29, 0.717) is 5.56 Å². The summed E-state index contributed by atoms with van der Waals surface area (Å²) in [6.07, 6.45) is 1.53. The van der Waals surface area contributed by atoms with Gasteiger partial charge in [0.1, 0.15) is 17.9 Å². The molecule has 0 bridgehead atoms. The molecule has 0 atom stereocenters. The number of pyridine rings is 1. The molecule has 1 N–H and O–H groups in total. The maximum atomic E-state index is 9.52. The lowest BCUT2D eigenvalue weighted by Crippen LogP contribution is -1.89. The molecule has 19 heavy (non-hydrogen) atoms. The average molecular weight is 244 g/mol. The standard InChI is InChI=1S/C15H8N4/c16-7-10-9-3-1-2-4-11(9)19-12-5-6-13-15(14(10)12)18-8-17-13/h1-6,8,19H. The predicted molar refractivity (Wildman–Crippen MR) is 73.6 cm³/mol. The number of imidazole rings is 1. The molecule has 4 aromatic rings. The number of nitrogens with one attached hydrogen (secondary N) is 1. The molecule has 4 heteroatoms. The Hall–Kier alpha value is -2.93. The zero-order valence-electron chi connectivity index (χ0n) is 9.88. The summed E-state index contributed by atoms with van der Waals surface area (Å²) in [6.45, 7) is 0. The zero-order chi connectivity index (χ0) is 12.8. The molecule has 0 saturated heterocycles. The van der Waals surface area contributed by atoms with Crippen LogP contribution in [0.5, 0.6) is 0 Å². The van der Waals surface area contributed by atoms with Crippen LogP contribution in [-0.4, -0.2) is 15.0 Å². The summed E-state index contributed by atoms with van der Waals surface area (Å²) in [4.78, 5) is 11.8. The molecule has 0 fully saturated rings. The Morgan fingerprint density at radius 1 is 1.00 bits per heavy atom. The fourth-order valence-electron chi connectivity index (χ4n) is 2.53. The summed E-state index contributed by atoms with van der Waals surface area (Å²) in [5, 5.41) is 11.3. The number of rotatable bonds is 0. The minimum Gasteiger partial charge on any atom is -0.354 e. The van der Waals surface area contributed by atoms with Gasteiger partial charge in [0, 0.05) is 21.8 Å². The number of aromatic nitrogens is 3. The lowest BCUT2D eigenvalue weighted by atomic mass is 10.0. The van der Waals surface area contributed by atoms with E-state index in [4.69, 9.17) is 0 Å². The van der Waals surface area contributed by atoms with Crippen LogP contribution in [0.1, 0.15) is 5.56 Å². The Bertz CT molecular complexity index is 976. The number of H-pyrrole nitrogens is 1. The molecule has 0 radical (unpaired) electrons. The Morgan fingerprint density at radius 2 is 1.89 bits per heavy atom.